The Morgan fingerprint density at radius 1 is 1.41 bits per heavy atom. The van der Waals surface area contributed by atoms with E-state index < -0.39 is 0 Å². The molecule has 1 aromatic heterocycles. The van der Waals surface area contributed by atoms with Crippen LogP contribution in [0.3, 0.4) is 0 Å². The van der Waals surface area contributed by atoms with Gasteiger partial charge >= 0.3 is 0 Å². The van der Waals surface area contributed by atoms with E-state index in [0.717, 1.165) is 41.0 Å². The monoisotopic (exact) mass is 364 g/mol. The van der Waals surface area contributed by atoms with E-state index in [1.54, 1.807) is 0 Å². The minimum absolute atomic E-state index is 0.622. The van der Waals surface area contributed by atoms with Gasteiger partial charge in [0.1, 0.15) is 5.76 Å². The molecule has 1 aliphatic rings. The number of piperidine rings is 1. The van der Waals surface area contributed by atoms with Gasteiger partial charge in [-0.1, -0.05) is 6.42 Å². The maximum Gasteiger partial charge on any atom is 0.183 e. The maximum absolute atomic E-state index is 5.68. The van der Waals surface area contributed by atoms with E-state index in [1.807, 2.05) is 6.07 Å². The fourth-order valence-electron chi connectivity index (χ4n) is 2.46. The number of nitrogens with two attached hydrogens (primary N) is 1. The quantitative estimate of drug-likeness (QED) is 0.887. The van der Waals surface area contributed by atoms with Gasteiger partial charge in [-0.3, -0.25) is 4.90 Å². The molecule has 17 heavy (non-hydrogen) atoms. The van der Waals surface area contributed by atoms with Gasteiger partial charge in [0.05, 0.1) is 11.0 Å². The lowest BCUT2D eigenvalue weighted by molar-refractivity contribution is 0.124. The predicted molar refractivity (Wildman–Crippen MR) is 75.8 cm³/mol. The summed E-state index contributed by atoms with van der Waals surface area (Å²) in [6.07, 6.45) is 4.96. The molecule has 2 rings (SSSR count). The highest BCUT2D eigenvalue weighted by molar-refractivity contribution is 9.13. The Labute approximate surface area is 119 Å². The van der Waals surface area contributed by atoms with E-state index >= 15 is 0 Å². The van der Waals surface area contributed by atoms with Crippen molar-refractivity contribution in [2.24, 2.45) is 5.73 Å². The standard InChI is InChI=1S/C12H18Br2N2O/c13-11-7-10(17-12(11)14)8-16-6-2-1-3-9(16)4-5-15/h7,9H,1-6,8,15H2. The zero-order chi connectivity index (χ0) is 12.3. The second-order valence-corrected chi connectivity index (χ2v) is 6.11. The van der Waals surface area contributed by atoms with Gasteiger partial charge in [0, 0.05) is 6.04 Å². The van der Waals surface area contributed by atoms with Crippen molar-refractivity contribution < 1.29 is 4.42 Å². The van der Waals surface area contributed by atoms with Crippen molar-refractivity contribution in [2.75, 3.05) is 13.1 Å². The molecule has 0 aliphatic carbocycles. The molecule has 0 bridgehead atoms. The lowest BCUT2D eigenvalue weighted by Gasteiger charge is -2.34. The zero-order valence-corrected chi connectivity index (χ0v) is 13.0. The third kappa shape index (κ3) is 3.56. The summed E-state index contributed by atoms with van der Waals surface area (Å²) in [6.45, 7) is 2.81. The van der Waals surface area contributed by atoms with Crippen LogP contribution in [0.4, 0.5) is 0 Å². The van der Waals surface area contributed by atoms with Gasteiger partial charge in [-0.05, 0) is 70.3 Å². The van der Waals surface area contributed by atoms with Crippen LogP contribution in [0.25, 0.3) is 0 Å². The summed E-state index contributed by atoms with van der Waals surface area (Å²) in [4.78, 5) is 2.49. The number of rotatable bonds is 4. The van der Waals surface area contributed by atoms with Crippen molar-refractivity contribution in [2.45, 2.75) is 38.3 Å². The van der Waals surface area contributed by atoms with E-state index in [0.29, 0.717) is 6.04 Å². The first-order valence-electron chi connectivity index (χ1n) is 6.08. The molecule has 0 amide bonds. The minimum atomic E-state index is 0.622. The molecule has 5 heteroatoms. The van der Waals surface area contributed by atoms with Gasteiger partial charge in [0.25, 0.3) is 0 Å². The van der Waals surface area contributed by atoms with Crippen molar-refractivity contribution >= 4 is 31.9 Å². The number of nitrogens with zero attached hydrogens (tertiary/aromatic N) is 1. The van der Waals surface area contributed by atoms with Crippen LogP contribution in [0.15, 0.2) is 19.6 Å². The minimum Gasteiger partial charge on any atom is -0.452 e. The first kappa shape index (κ1) is 13.6. The van der Waals surface area contributed by atoms with Crippen LogP contribution in [0, 0.1) is 0 Å². The average molecular weight is 366 g/mol. The second kappa shape index (κ2) is 6.36. The van der Waals surface area contributed by atoms with Gasteiger partial charge in [-0.25, -0.2) is 0 Å². The molecule has 1 saturated heterocycles. The maximum atomic E-state index is 5.68. The van der Waals surface area contributed by atoms with E-state index in [1.165, 1.54) is 19.3 Å². The smallest absolute Gasteiger partial charge is 0.183 e. The first-order chi connectivity index (χ1) is 8.20. The Kier molecular flexibility index (Phi) is 5.09. The second-order valence-electron chi connectivity index (χ2n) is 4.53. The molecule has 2 heterocycles. The van der Waals surface area contributed by atoms with Crippen LogP contribution in [-0.2, 0) is 6.54 Å². The van der Waals surface area contributed by atoms with E-state index in [4.69, 9.17) is 10.2 Å². The molecule has 1 aliphatic heterocycles. The van der Waals surface area contributed by atoms with Crippen molar-refractivity contribution in [1.29, 1.82) is 0 Å². The highest BCUT2D eigenvalue weighted by Gasteiger charge is 2.23. The summed E-state index contributed by atoms with van der Waals surface area (Å²) in [5, 5.41) is 0. The predicted octanol–water partition coefficient (Wildman–Crippen LogP) is 3.51. The van der Waals surface area contributed by atoms with E-state index in [2.05, 4.69) is 36.8 Å². The molecule has 2 N–H and O–H groups in total. The van der Waals surface area contributed by atoms with Gasteiger partial charge < -0.3 is 10.2 Å². The summed E-state index contributed by atoms with van der Waals surface area (Å²) in [5.41, 5.74) is 5.68. The highest BCUT2D eigenvalue weighted by atomic mass is 79.9. The highest BCUT2D eigenvalue weighted by Crippen LogP contribution is 2.29. The van der Waals surface area contributed by atoms with Crippen molar-refractivity contribution in [3.8, 4) is 0 Å². The van der Waals surface area contributed by atoms with E-state index in [9.17, 15) is 0 Å². The summed E-state index contributed by atoms with van der Waals surface area (Å²) >= 11 is 6.82. The Balaban J connectivity index is 2.00. The molecule has 96 valence electrons. The van der Waals surface area contributed by atoms with E-state index in [-0.39, 0.29) is 0 Å². The molecular formula is C12H18Br2N2O. The Morgan fingerprint density at radius 2 is 2.24 bits per heavy atom. The summed E-state index contributed by atoms with van der Waals surface area (Å²) < 4.78 is 7.40. The van der Waals surface area contributed by atoms with Crippen LogP contribution in [0.1, 0.15) is 31.4 Å². The third-order valence-corrected chi connectivity index (χ3v) is 5.01. The zero-order valence-electron chi connectivity index (χ0n) is 9.79. The Hall–Kier alpha value is 0.160. The van der Waals surface area contributed by atoms with Crippen LogP contribution in [0.2, 0.25) is 0 Å². The molecule has 1 atom stereocenters. The molecule has 0 aromatic carbocycles. The molecule has 3 nitrogen and oxygen atoms in total. The molecular weight excluding hydrogens is 348 g/mol. The summed E-state index contributed by atoms with van der Waals surface area (Å²) in [7, 11) is 0. The Bertz CT molecular complexity index is 346. The number of halogens is 2. The van der Waals surface area contributed by atoms with Crippen LogP contribution in [-0.4, -0.2) is 24.0 Å². The van der Waals surface area contributed by atoms with Gasteiger partial charge in [0.2, 0.25) is 0 Å². The fourth-order valence-corrected chi connectivity index (χ4v) is 3.12. The largest absolute Gasteiger partial charge is 0.452 e. The Morgan fingerprint density at radius 3 is 2.88 bits per heavy atom. The van der Waals surface area contributed by atoms with Crippen molar-refractivity contribution in [3.05, 3.63) is 21.0 Å². The first-order valence-corrected chi connectivity index (χ1v) is 7.67. The van der Waals surface area contributed by atoms with Crippen LogP contribution in [0.5, 0.6) is 0 Å². The van der Waals surface area contributed by atoms with Crippen LogP contribution >= 0.6 is 31.9 Å². The third-order valence-electron chi connectivity index (χ3n) is 3.30. The molecule has 0 spiro atoms. The number of hydrogen-bond acceptors (Lipinski definition) is 3. The molecule has 1 aromatic rings. The fraction of sp³-hybridized carbons (Fsp3) is 0.667. The van der Waals surface area contributed by atoms with Crippen molar-refractivity contribution in [1.82, 2.24) is 4.90 Å². The molecule has 1 fully saturated rings. The number of furan rings is 1. The lowest BCUT2D eigenvalue weighted by atomic mass is 9.99. The molecule has 1 unspecified atom stereocenters. The number of hydrogen-bond donors (Lipinski definition) is 1. The molecule has 0 saturated carbocycles. The van der Waals surface area contributed by atoms with Gasteiger partial charge in [-0.2, -0.15) is 0 Å². The van der Waals surface area contributed by atoms with Crippen LogP contribution < -0.4 is 5.73 Å². The van der Waals surface area contributed by atoms with Gasteiger partial charge in [0.15, 0.2) is 4.67 Å². The summed E-state index contributed by atoms with van der Waals surface area (Å²) in [6, 6.07) is 2.66. The van der Waals surface area contributed by atoms with Gasteiger partial charge in [-0.15, -0.1) is 0 Å². The topological polar surface area (TPSA) is 42.4 Å². The molecule has 0 radical (unpaired) electrons. The summed E-state index contributed by atoms with van der Waals surface area (Å²) in [5.74, 6) is 1.01. The lowest BCUT2D eigenvalue weighted by Crippen LogP contribution is -2.40. The average Bonchev–Trinajstić information content (AvgIpc) is 2.61. The van der Waals surface area contributed by atoms with Crippen molar-refractivity contribution in [3.63, 3.8) is 0 Å². The number of likely N-dealkylation sites (tertiary alicyclic amines) is 1. The SMILES string of the molecule is NCCC1CCCCN1Cc1cc(Br)c(Br)o1. The normalized spacial score (nSPS) is 21.9.